The van der Waals surface area contributed by atoms with Crippen molar-refractivity contribution in [2.45, 2.75) is 57.5 Å². The van der Waals surface area contributed by atoms with Crippen molar-refractivity contribution in [2.75, 3.05) is 19.6 Å². The van der Waals surface area contributed by atoms with Crippen molar-refractivity contribution in [1.29, 1.82) is 0 Å². The Morgan fingerprint density at radius 2 is 2.10 bits per heavy atom. The van der Waals surface area contributed by atoms with Crippen molar-refractivity contribution in [2.24, 2.45) is 0 Å². The maximum atomic E-state index is 6.06. The molecule has 1 saturated carbocycles. The van der Waals surface area contributed by atoms with Gasteiger partial charge in [0.1, 0.15) is 5.16 Å². The molecule has 2 heterocycles. The minimum atomic E-state index is 0.656. The fourth-order valence-corrected chi connectivity index (χ4v) is 3.96. The van der Waals surface area contributed by atoms with Crippen LogP contribution in [0.15, 0.2) is 23.1 Å². The van der Waals surface area contributed by atoms with Gasteiger partial charge in [0.25, 0.3) is 0 Å². The Morgan fingerprint density at radius 3 is 2.71 bits per heavy atom. The Labute approximate surface area is 133 Å². The van der Waals surface area contributed by atoms with E-state index in [1.807, 2.05) is 12.3 Å². The van der Waals surface area contributed by atoms with Gasteiger partial charge in [-0.25, -0.2) is 0 Å². The topological polar surface area (TPSA) is 30.5 Å². The molecule has 0 aromatic rings. The fourth-order valence-electron chi connectivity index (χ4n) is 3.79. The first-order chi connectivity index (χ1) is 10.3. The quantitative estimate of drug-likeness (QED) is 0.765. The highest BCUT2D eigenvalue weighted by Crippen LogP contribution is 2.31. The molecule has 0 bridgehead atoms. The summed E-state index contributed by atoms with van der Waals surface area (Å²) in [5.74, 6) is 0. The highest BCUT2D eigenvalue weighted by atomic mass is 35.5. The molecule has 4 nitrogen and oxygen atoms in total. The maximum absolute atomic E-state index is 6.06. The van der Waals surface area contributed by atoms with Gasteiger partial charge in [-0.1, -0.05) is 30.9 Å². The molecule has 0 amide bonds. The molecule has 3 aliphatic rings. The molecule has 1 saturated heterocycles. The smallest absolute Gasteiger partial charge is 0.122 e. The minimum absolute atomic E-state index is 0.656. The second kappa shape index (κ2) is 6.93. The number of likely N-dealkylation sites (tertiary alicyclic amines) is 1. The Morgan fingerprint density at radius 1 is 1.29 bits per heavy atom. The summed E-state index contributed by atoms with van der Waals surface area (Å²) in [6.45, 7) is 5.64. The van der Waals surface area contributed by atoms with Crippen LogP contribution in [0.3, 0.4) is 0 Å². The van der Waals surface area contributed by atoms with Crippen LogP contribution in [-0.2, 0) is 0 Å². The van der Waals surface area contributed by atoms with E-state index in [0.29, 0.717) is 5.16 Å². The van der Waals surface area contributed by atoms with E-state index in [4.69, 9.17) is 11.6 Å². The lowest BCUT2D eigenvalue weighted by atomic mass is 9.89. The van der Waals surface area contributed by atoms with E-state index in [2.05, 4.69) is 27.6 Å². The van der Waals surface area contributed by atoms with Gasteiger partial charge in [-0.2, -0.15) is 0 Å². The van der Waals surface area contributed by atoms with Crippen LogP contribution in [0.5, 0.6) is 0 Å². The number of hydrogen-bond acceptors (Lipinski definition) is 4. The summed E-state index contributed by atoms with van der Waals surface area (Å²) in [5.41, 5.74) is 7.09. The van der Waals surface area contributed by atoms with E-state index in [-0.39, 0.29) is 0 Å². The van der Waals surface area contributed by atoms with Crippen molar-refractivity contribution >= 4 is 11.6 Å². The third-order valence-electron chi connectivity index (χ3n) is 5.10. The van der Waals surface area contributed by atoms with Crippen molar-refractivity contribution in [3.8, 4) is 0 Å². The van der Waals surface area contributed by atoms with Crippen molar-refractivity contribution < 1.29 is 0 Å². The SMILES string of the molecule is CCN(CC1CCN1C1CCCCC1)C1=CNNC(Cl)=C1. The molecule has 2 aliphatic heterocycles. The maximum Gasteiger partial charge on any atom is 0.122 e. The molecule has 1 atom stereocenters. The number of hydrogen-bond donors (Lipinski definition) is 2. The number of rotatable bonds is 5. The van der Waals surface area contributed by atoms with Crippen LogP contribution in [0.25, 0.3) is 0 Å². The van der Waals surface area contributed by atoms with Crippen molar-refractivity contribution in [3.05, 3.63) is 23.1 Å². The van der Waals surface area contributed by atoms with Crippen LogP contribution >= 0.6 is 11.6 Å². The lowest BCUT2D eigenvalue weighted by molar-refractivity contribution is 0.00974. The first kappa shape index (κ1) is 15.0. The van der Waals surface area contributed by atoms with E-state index < -0.39 is 0 Å². The van der Waals surface area contributed by atoms with Gasteiger partial charge in [0.05, 0.1) is 5.70 Å². The Kier molecular flexibility index (Phi) is 4.96. The monoisotopic (exact) mass is 310 g/mol. The van der Waals surface area contributed by atoms with Gasteiger partial charge in [0.2, 0.25) is 0 Å². The molecule has 0 aromatic heterocycles. The van der Waals surface area contributed by atoms with Crippen LogP contribution in [0, 0.1) is 0 Å². The second-order valence-electron chi connectivity index (χ2n) is 6.34. The summed E-state index contributed by atoms with van der Waals surface area (Å²) in [6, 6.07) is 1.56. The van der Waals surface area contributed by atoms with Crippen LogP contribution in [0.2, 0.25) is 0 Å². The first-order valence-electron chi connectivity index (χ1n) is 8.37. The third-order valence-corrected chi connectivity index (χ3v) is 5.30. The molecule has 21 heavy (non-hydrogen) atoms. The van der Waals surface area contributed by atoms with Crippen molar-refractivity contribution in [3.63, 3.8) is 0 Å². The van der Waals surface area contributed by atoms with Gasteiger partial charge >= 0.3 is 0 Å². The summed E-state index contributed by atoms with van der Waals surface area (Å²) < 4.78 is 0. The normalized spacial score (nSPS) is 27.0. The Bertz CT molecular complexity index is 415. The molecule has 1 unspecified atom stereocenters. The summed E-state index contributed by atoms with van der Waals surface area (Å²) in [4.78, 5) is 5.18. The minimum Gasteiger partial charge on any atom is -0.369 e. The highest BCUT2D eigenvalue weighted by molar-refractivity contribution is 6.29. The van der Waals surface area contributed by atoms with E-state index >= 15 is 0 Å². The molecule has 0 radical (unpaired) electrons. The summed E-state index contributed by atoms with van der Waals surface area (Å²) in [7, 11) is 0. The third kappa shape index (κ3) is 3.49. The summed E-state index contributed by atoms with van der Waals surface area (Å²) in [5, 5.41) is 0.656. The number of nitrogens with zero attached hydrogens (tertiary/aromatic N) is 2. The molecule has 0 spiro atoms. The zero-order valence-corrected chi connectivity index (χ0v) is 13.7. The second-order valence-corrected chi connectivity index (χ2v) is 6.75. The zero-order chi connectivity index (χ0) is 14.7. The molecular weight excluding hydrogens is 284 g/mol. The van der Waals surface area contributed by atoms with Gasteiger partial charge < -0.3 is 10.3 Å². The van der Waals surface area contributed by atoms with Gasteiger partial charge in [-0.05, 0) is 32.3 Å². The van der Waals surface area contributed by atoms with E-state index in [9.17, 15) is 0 Å². The summed E-state index contributed by atoms with van der Waals surface area (Å²) >= 11 is 6.06. The molecular formula is C16H27ClN4. The molecule has 2 N–H and O–H groups in total. The van der Waals surface area contributed by atoms with E-state index in [1.54, 1.807) is 0 Å². The van der Waals surface area contributed by atoms with Crippen LogP contribution < -0.4 is 10.9 Å². The molecule has 5 heteroatoms. The number of allylic oxidation sites excluding steroid dienone is 1. The van der Waals surface area contributed by atoms with Gasteiger partial charge in [0, 0.05) is 37.9 Å². The van der Waals surface area contributed by atoms with Gasteiger partial charge in [0.15, 0.2) is 0 Å². The fraction of sp³-hybridized carbons (Fsp3) is 0.750. The largest absolute Gasteiger partial charge is 0.369 e. The van der Waals surface area contributed by atoms with Gasteiger partial charge in [-0.15, -0.1) is 0 Å². The Hall–Kier alpha value is -0.870. The number of halogens is 1. The first-order valence-corrected chi connectivity index (χ1v) is 8.75. The molecule has 1 aliphatic carbocycles. The standard InChI is InChI=1S/C16H27ClN4/c1-2-20(15-10-16(17)19-18-11-15)12-14-8-9-21(14)13-6-4-3-5-7-13/h10-11,13-14,18-19H,2-9,12H2,1H3. The summed E-state index contributed by atoms with van der Waals surface area (Å²) in [6.07, 6.45) is 12.4. The number of hydrazine groups is 1. The van der Waals surface area contributed by atoms with Crippen LogP contribution in [-0.4, -0.2) is 41.5 Å². The molecule has 2 fully saturated rings. The molecule has 0 aromatic carbocycles. The molecule has 3 rings (SSSR count). The zero-order valence-electron chi connectivity index (χ0n) is 12.9. The predicted octanol–water partition coefficient (Wildman–Crippen LogP) is 2.74. The van der Waals surface area contributed by atoms with Crippen LogP contribution in [0.4, 0.5) is 0 Å². The average molecular weight is 311 g/mol. The average Bonchev–Trinajstić information content (AvgIpc) is 2.48. The lowest BCUT2D eigenvalue weighted by Crippen LogP contribution is -2.57. The van der Waals surface area contributed by atoms with E-state index in [1.165, 1.54) is 50.8 Å². The number of nitrogens with one attached hydrogen (secondary N) is 2. The predicted molar refractivity (Wildman–Crippen MR) is 87.5 cm³/mol. The highest BCUT2D eigenvalue weighted by Gasteiger charge is 2.35. The van der Waals surface area contributed by atoms with Crippen LogP contribution in [0.1, 0.15) is 45.4 Å². The lowest BCUT2D eigenvalue weighted by Gasteiger charge is -2.49. The van der Waals surface area contributed by atoms with Crippen molar-refractivity contribution in [1.82, 2.24) is 20.7 Å². The Balaban J connectivity index is 1.58. The number of likely N-dealkylation sites (N-methyl/N-ethyl adjacent to an activating group) is 1. The van der Waals surface area contributed by atoms with Gasteiger partial charge in [-0.3, -0.25) is 10.3 Å². The molecule has 118 valence electrons. The van der Waals surface area contributed by atoms with E-state index in [0.717, 1.165) is 25.2 Å².